The summed E-state index contributed by atoms with van der Waals surface area (Å²) in [7, 11) is 0. The smallest absolute Gasteiger partial charge is 0.326 e. The SMILES string of the molecule is O=C(O)[C@@H](Cc1ccccc1)NC(=O)C(c1ccccc1)(c1ccccc1)c1ccccc1. The zero-order chi connectivity index (χ0) is 23.1. The maximum Gasteiger partial charge on any atom is 0.326 e. The molecule has 33 heavy (non-hydrogen) atoms. The average molecular weight is 436 g/mol. The Kier molecular flexibility index (Phi) is 6.65. The lowest BCUT2D eigenvalue weighted by atomic mass is 9.68. The van der Waals surface area contributed by atoms with Gasteiger partial charge in [0.05, 0.1) is 0 Å². The minimum atomic E-state index is -1.21. The van der Waals surface area contributed by atoms with Crippen LogP contribution in [0.15, 0.2) is 121 Å². The number of carbonyl (C=O) groups is 2. The van der Waals surface area contributed by atoms with Crippen LogP contribution in [0, 0.1) is 0 Å². The normalized spacial score (nSPS) is 12.0. The number of aliphatic carboxylic acids is 1. The fraction of sp³-hybridized carbons (Fsp3) is 0.103. The van der Waals surface area contributed by atoms with Gasteiger partial charge in [-0.25, -0.2) is 4.79 Å². The second-order valence-electron chi connectivity index (χ2n) is 7.90. The van der Waals surface area contributed by atoms with Gasteiger partial charge in [-0.15, -0.1) is 0 Å². The molecule has 4 nitrogen and oxygen atoms in total. The third kappa shape index (κ3) is 4.55. The Morgan fingerprint density at radius 3 is 1.36 bits per heavy atom. The van der Waals surface area contributed by atoms with Crippen LogP contribution < -0.4 is 5.32 Å². The molecule has 164 valence electrons. The van der Waals surface area contributed by atoms with Gasteiger partial charge < -0.3 is 10.4 Å². The molecule has 1 atom stereocenters. The molecule has 0 aliphatic heterocycles. The maximum atomic E-state index is 14.2. The average Bonchev–Trinajstić information content (AvgIpc) is 2.87. The Labute approximate surface area is 193 Å². The van der Waals surface area contributed by atoms with Crippen molar-refractivity contribution in [3.63, 3.8) is 0 Å². The lowest BCUT2D eigenvalue weighted by Crippen LogP contribution is -2.52. The number of carbonyl (C=O) groups excluding carboxylic acids is 1. The van der Waals surface area contributed by atoms with E-state index in [2.05, 4.69) is 5.32 Å². The van der Waals surface area contributed by atoms with Gasteiger partial charge in [-0.3, -0.25) is 4.79 Å². The van der Waals surface area contributed by atoms with Gasteiger partial charge in [0.15, 0.2) is 0 Å². The van der Waals surface area contributed by atoms with E-state index in [1.807, 2.05) is 121 Å². The fourth-order valence-electron chi connectivity index (χ4n) is 4.27. The second kappa shape index (κ2) is 9.96. The number of carboxylic acid groups (broad SMARTS) is 1. The van der Waals surface area contributed by atoms with Crippen LogP contribution in [0.5, 0.6) is 0 Å². The molecule has 0 radical (unpaired) electrons. The third-order valence-corrected chi connectivity index (χ3v) is 5.85. The van der Waals surface area contributed by atoms with E-state index in [4.69, 9.17) is 0 Å². The molecule has 0 saturated carbocycles. The van der Waals surface area contributed by atoms with Gasteiger partial charge in [-0.05, 0) is 22.3 Å². The second-order valence-corrected chi connectivity index (χ2v) is 7.90. The van der Waals surface area contributed by atoms with Gasteiger partial charge in [0, 0.05) is 6.42 Å². The molecule has 1 amide bonds. The molecule has 0 aromatic heterocycles. The molecule has 0 unspecified atom stereocenters. The largest absolute Gasteiger partial charge is 0.480 e. The van der Waals surface area contributed by atoms with Crippen molar-refractivity contribution in [1.29, 1.82) is 0 Å². The molecule has 0 spiro atoms. The molecular weight excluding hydrogens is 410 g/mol. The van der Waals surface area contributed by atoms with Gasteiger partial charge in [0.2, 0.25) is 5.91 Å². The van der Waals surface area contributed by atoms with E-state index in [0.29, 0.717) is 0 Å². The fourth-order valence-corrected chi connectivity index (χ4v) is 4.27. The van der Waals surface area contributed by atoms with E-state index in [0.717, 1.165) is 22.3 Å². The lowest BCUT2D eigenvalue weighted by molar-refractivity contribution is -0.142. The van der Waals surface area contributed by atoms with Gasteiger partial charge in [0.1, 0.15) is 11.5 Å². The van der Waals surface area contributed by atoms with Crippen LogP contribution in [-0.4, -0.2) is 23.0 Å². The van der Waals surface area contributed by atoms with E-state index >= 15 is 0 Å². The van der Waals surface area contributed by atoms with E-state index in [1.54, 1.807) is 0 Å². The highest BCUT2D eigenvalue weighted by Gasteiger charge is 2.44. The van der Waals surface area contributed by atoms with Crippen molar-refractivity contribution >= 4 is 11.9 Å². The molecule has 0 saturated heterocycles. The van der Waals surface area contributed by atoms with Crippen molar-refractivity contribution in [3.8, 4) is 0 Å². The summed E-state index contributed by atoms with van der Waals surface area (Å²) in [6.07, 6.45) is 0.191. The van der Waals surface area contributed by atoms with Crippen molar-refractivity contribution in [2.45, 2.75) is 17.9 Å². The number of benzene rings is 4. The van der Waals surface area contributed by atoms with E-state index < -0.39 is 17.4 Å². The number of nitrogens with one attached hydrogen (secondary N) is 1. The minimum Gasteiger partial charge on any atom is -0.480 e. The van der Waals surface area contributed by atoms with Crippen molar-refractivity contribution in [3.05, 3.63) is 144 Å². The summed E-state index contributed by atoms with van der Waals surface area (Å²) in [4.78, 5) is 26.4. The van der Waals surface area contributed by atoms with Crippen molar-refractivity contribution in [2.24, 2.45) is 0 Å². The van der Waals surface area contributed by atoms with Crippen LogP contribution in [0.25, 0.3) is 0 Å². The Hall–Kier alpha value is -4.18. The molecule has 4 aromatic rings. The number of amides is 1. The van der Waals surface area contributed by atoms with Crippen LogP contribution >= 0.6 is 0 Å². The Morgan fingerprint density at radius 2 is 1.00 bits per heavy atom. The number of rotatable bonds is 8. The molecule has 0 bridgehead atoms. The molecule has 0 aliphatic carbocycles. The molecule has 4 heteroatoms. The van der Waals surface area contributed by atoms with Crippen molar-refractivity contribution in [2.75, 3.05) is 0 Å². The van der Waals surface area contributed by atoms with Crippen LogP contribution in [0.1, 0.15) is 22.3 Å². The molecular formula is C29H25NO3. The Bertz CT molecular complexity index is 1100. The summed E-state index contributed by atoms with van der Waals surface area (Å²) < 4.78 is 0. The Morgan fingerprint density at radius 1 is 0.636 bits per heavy atom. The van der Waals surface area contributed by atoms with Crippen LogP contribution in [0.4, 0.5) is 0 Å². The Balaban J connectivity index is 1.85. The summed E-state index contributed by atoms with van der Waals surface area (Å²) in [6, 6.07) is 36.7. The monoisotopic (exact) mass is 435 g/mol. The lowest BCUT2D eigenvalue weighted by Gasteiger charge is -2.35. The van der Waals surface area contributed by atoms with E-state index in [-0.39, 0.29) is 12.3 Å². The predicted molar refractivity (Wildman–Crippen MR) is 129 cm³/mol. The minimum absolute atomic E-state index is 0.191. The van der Waals surface area contributed by atoms with Crippen LogP contribution in [-0.2, 0) is 21.4 Å². The molecule has 0 heterocycles. The summed E-state index contributed by atoms with van der Waals surface area (Å²) in [6.45, 7) is 0. The molecule has 0 aliphatic rings. The van der Waals surface area contributed by atoms with Crippen molar-refractivity contribution in [1.82, 2.24) is 5.32 Å². The first-order chi connectivity index (χ1) is 16.1. The highest BCUT2D eigenvalue weighted by Crippen LogP contribution is 2.39. The van der Waals surface area contributed by atoms with Gasteiger partial charge >= 0.3 is 5.97 Å². The van der Waals surface area contributed by atoms with Crippen LogP contribution in [0.2, 0.25) is 0 Å². The molecule has 4 rings (SSSR count). The number of hydrogen-bond acceptors (Lipinski definition) is 2. The standard InChI is InChI=1S/C29H25NO3/c31-27(32)26(21-22-13-5-1-6-14-22)30-28(33)29(23-15-7-2-8-16-23,24-17-9-3-10-18-24)25-19-11-4-12-20-25/h1-20,26H,21H2,(H,30,33)(H,31,32)/t26-/m1/s1. The molecule has 2 N–H and O–H groups in total. The van der Waals surface area contributed by atoms with Gasteiger partial charge in [0.25, 0.3) is 0 Å². The van der Waals surface area contributed by atoms with E-state index in [1.165, 1.54) is 0 Å². The van der Waals surface area contributed by atoms with Gasteiger partial charge in [-0.2, -0.15) is 0 Å². The summed E-state index contributed by atoms with van der Waals surface area (Å²) >= 11 is 0. The molecule has 4 aromatic carbocycles. The predicted octanol–water partition coefficient (Wildman–Crippen LogP) is 4.83. The summed E-state index contributed by atoms with van der Waals surface area (Å²) in [5, 5.41) is 12.8. The summed E-state index contributed by atoms with van der Waals surface area (Å²) in [5.41, 5.74) is 1.93. The molecule has 0 fully saturated rings. The summed E-state index contributed by atoms with van der Waals surface area (Å²) in [5.74, 6) is -1.45. The first-order valence-electron chi connectivity index (χ1n) is 10.9. The number of hydrogen-bond donors (Lipinski definition) is 2. The van der Waals surface area contributed by atoms with Crippen molar-refractivity contribution < 1.29 is 14.7 Å². The van der Waals surface area contributed by atoms with E-state index in [9.17, 15) is 14.7 Å². The number of carboxylic acids is 1. The first-order valence-corrected chi connectivity index (χ1v) is 10.9. The maximum absolute atomic E-state index is 14.2. The third-order valence-electron chi connectivity index (χ3n) is 5.85. The quantitative estimate of drug-likeness (QED) is 0.390. The van der Waals surface area contributed by atoms with Crippen LogP contribution in [0.3, 0.4) is 0 Å². The zero-order valence-corrected chi connectivity index (χ0v) is 18.1. The topological polar surface area (TPSA) is 66.4 Å². The highest BCUT2D eigenvalue weighted by molar-refractivity contribution is 5.98. The first kappa shape index (κ1) is 22.0. The highest BCUT2D eigenvalue weighted by atomic mass is 16.4. The van der Waals surface area contributed by atoms with Gasteiger partial charge in [-0.1, -0.05) is 121 Å². The zero-order valence-electron chi connectivity index (χ0n) is 18.1.